The molecule has 0 saturated carbocycles. The van der Waals surface area contributed by atoms with Gasteiger partial charge in [0.1, 0.15) is 5.82 Å². The van der Waals surface area contributed by atoms with Gasteiger partial charge in [0, 0.05) is 30.8 Å². The zero-order chi connectivity index (χ0) is 16.4. The number of benzene rings is 1. The number of rotatable bonds is 4. The number of ether oxygens (including phenoxy) is 1. The van der Waals surface area contributed by atoms with Crippen LogP contribution in [0, 0.1) is 0 Å². The summed E-state index contributed by atoms with van der Waals surface area (Å²) in [4.78, 5) is 7.06. The molecule has 4 rings (SSSR count). The summed E-state index contributed by atoms with van der Waals surface area (Å²) in [5, 5.41) is 4.45. The fourth-order valence-electron chi connectivity index (χ4n) is 3.17. The van der Waals surface area contributed by atoms with Crippen LogP contribution in [0.5, 0.6) is 0 Å². The number of hydrogen-bond donors (Lipinski definition) is 1. The van der Waals surface area contributed by atoms with Crippen molar-refractivity contribution < 1.29 is 4.74 Å². The first-order valence-electron chi connectivity index (χ1n) is 8.32. The number of hydrogen-bond acceptors (Lipinski definition) is 5. The van der Waals surface area contributed by atoms with Gasteiger partial charge in [-0.2, -0.15) is 9.61 Å². The summed E-state index contributed by atoms with van der Waals surface area (Å²) in [6.07, 6.45) is 2.83. The molecule has 3 aromatic rings. The number of nitrogens with zero attached hydrogens (tertiary/aromatic N) is 4. The highest BCUT2D eigenvalue weighted by molar-refractivity contribution is 5.66. The zero-order valence-corrected chi connectivity index (χ0v) is 13.5. The molecule has 1 saturated heterocycles. The van der Waals surface area contributed by atoms with E-state index in [1.807, 2.05) is 28.8 Å². The first kappa shape index (κ1) is 15.1. The summed E-state index contributed by atoms with van der Waals surface area (Å²) in [5.41, 5.74) is 8.61. The van der Waals surface area contributed by atoms with E-state index in [0.29, 0.717) is 13.2 Å². The fourth-order valence-corrected chi connectivity index (χ4v) is 3.17. The summed E-state index contributed by atoms with van der Waals surface area (Å²) in [7, 11) is 0. The SMILES string of the molecule is NCC[C@@H]1CN(c2cc(-c3ccccc3)nc3ccnn23)CCO1. The van der Waals surface area contributed by atoms with Gasteiger partial charge in [-0.05, 0) is 13.0 Å². The normalized spacial score (nSPS) is 18.2. The first-order valence-corrected chi connectivity index (χ1v) is 8.32. The molecule has 0 unspecified atom stereocenters. The number of morpholine rings is 1. The van der Waals surface area contributed by atoms with Crippen molar-refractivity contribution in [1.29, 1.82) is 0 Å². The Kier molecular flexibility index (Phi) is 4.15. The van der Waals surface area contributed by atoms with Crippen molar-refractivity contribution in [1.82, 2.24) is 14.6 Å². The lowest BCUT2D eigenvalue weighted by Gasteiger charge is -2.34. The van der Waals surface area contributed by atoms with Crippen LogP contribution in [0.15, 0.2) is 48.7 Å². The molecule has 2 aromatic heterocycles. The summed E-state index contributed by atoms with van der Waals surface area (Å²) in [5.74, 6) is 1.05. The highest BCUT2D eigenvalue weighted by atomic mass is 16.5. The van der Waals surface area contributed by atoms with Crippen molar-refractivity contribution in [2.24, 2.45) is 5.73 Å². The van der Waals surface area contributed by atoms with Crippen molar-refractivity contribution in [3.63, 3.8) is 0 Å². The van der Waals surface area contributed by atoms with Crippen molar-refractivity contribution in [2.45, 2.75) is 12.5 Å². The minimum absolute atomic E-state index is 0.169. The van der Waals surface area contributed by atoms with E-state index in [0.717, 1.165) is 42.2 Å². The van der Waals surface area contributed by atoms with E-state index in [2.05, 4.69) is 28.2 Å². The molecule has 1 atom stereocenters. The van der Waals surface area contributed by atoms with Gasteiger partial charge in [0.15, 0.2) is 5.65 Å². The van der Waals surface area contributed by atoms with E-state index >= 15 is 0 Å². The third-order valence-electron chi connectivity index (χ3n) is 4.36. The molecule has 0 radical (unpaired) electrons. The second kappa shape index (κ2) is 6.59. The molecule has 1 aliphatic rings. The van der Waals surface area contributed by atoms with E-state index in [-0.39, 0.29) is 6.10 Å². The Labute approximate surface area is 140 Å². The third kappa shape index (κ3) is 2.86. The lowest BCUT2D eigenvalue weighted by molar-refractivity contribution is 0.0365. The minimum Gasteiger partial charge on any atom is -0.374 e. The van der Waals surface area contributed by atoms with E-state index in [9.17, 15) is 0 Å². The van der Waals surface area contributed by atoms with Crippen LogP contribution in [-0.4, -0.2) is 46.9 Å². The van der Waals surface area contributed by atoms with Crippen LogP contribution in [-0.2, 0) is 4.74 Å². The molecule has 3 heterocycles. The van der Waals surface area contributed by atoms with Crippen LogP contribution in [0.25, 0.3) is 16.9 Å². The topological polar surface area (TPSA) is 68.7 Å². The lowest BCUT2D eigenvalue weighted by atomic mass is 10.1. The molecular weight excluding hydrogens is 302 g/mol. The summed E-state index contributed by atoms with van der Waals surface area (Å²) >= 11 is 0. The maximum Gasteiger partial charge on any atom is 0.157 e. The van der Waals surface area contributed by atoms with Gasteiger partial charge in [-0.3, -0.25) is 0 Å². The van der Waals surface area contributed by atoms with E-state index in [4.69, 9.17) is 15.5 Å². The average Bonchev–Trinajstić information content (AvgIpc) is 3.11. The first-order chi connectivity index (χ1) is 11.8. The standard InChI is InChI=1S/C18H21N5O/c19-8-6-15-13-22(10-11-24-15)18-12-16(14-4-2-1-3-5-14)21-17-7-9-20-23(17)18/h1-5,7,9,12,15H,6,8,10-11,13,19H2/t15-/m1/s1. The molecule has 2 N–H and O–H groups in total. The van der Waals surface area contributed by atoms with Gasteiger partial charge in [-0.15, -0.1) is 0 Å². The number of aromatic nitrogens is 3. The lowest BCUT2D eigenvalue weighted by Crippen LogP contribution is -2.44. The Hall–Kier alpha value is -2.44. The molecular formula is C18H21N5O. The quantitative estimate of drug-likeness (QED) is 0.795. The van der Waals surface area contributed by atoms with Gasteiger partial charge in [-0.1, -0.05) is 30.3 Å². The van der Waals surface area contributed by atoms with Crippen LogP contribution in [0.2, 0.25) is 0 Å². The monoisotopic (exact) mass is 323 g/mol. The predicted octanol–water partition coefficient (Wildman–Crippen LogP) is 1.95. The van der Waals surface area contributed by atoms with Crippen LogP contribution < -0.4 is 10.6 Å². The van der Waals surface area contributed by atoms with Gasteiger partial charge < -0.3 is 15.4 Å². The molecule has 0 amide bonds. The molecule has 6 nitrogen and oxygen atoms in total. The van der Waals surface area contributed by atoms with Gasteiger partial charge in [0.2, 0.25) is 0 Å². The van der Waals surface area contributed by atoms with Crippen molar-refractivity contribution in [2.75, 3.05) is 31.1 Å². The van der Waals surface area contributed by atoms with Gasteiger partial charge in [0.25, 0.3) is 0 Å². The van der Waals surface area contributed by atoms with E-state index in [1.54, 1.807) is 6.20 Å². The summed E-state index contributed by atoms with van der Waals surface area (Å²) in [6, 6.07) is 14.3. The van der Waals surface area contributed by atoms with Crippen molar-refractivity contribution in [3.05, 3.63) is 48.7 Å². The van der Waals surface area contributed by atoms with E-state index in [1.165, 1.54) is 0 Å². The Morgan fingerprint density at radius 1 is 1.21 bits per heavy atom. The molecule has 0 bridgehead atoms. The number of fused-ring (bicyclic) bond motifs is 1. The average molecular weight is 323 g/mol. The highest BCUT2D eigenvalue weighted by Gasteiger charge is 2.23. The number of nitrogens with two attached hydrogens (primary N) is 1. The predicted molar refractivity (Wildman–Crippen MR) is 94.0 cm³/mol. The Morgan fingerprint density at radius 2 is 2.08 bits per heavy atom. The number of anilines is 1. The molecule has 0 spiro atoms. The molecule has 1 aromatic carbocycles. The zero-order valence-electron chi connectivity index (χ0n) is 13.5. The molecule has 6 heteroatoms. The molecule has 24 heavy (non-hydrogen) atoms. The Balaban J connectivity index is 1.75. The molecule has 1 aliphatic heterocycles. The largest absolute Gasteiger partial charge is 0.374 e. The second-order valence-corrected chi connectivity index (χ2v) is 5.98. The Bertz CT molecular complexity index is 815. The highest BCUT2D eigenvalue weighted by Crippen LogP contribution is 2.25. The fraction of sp³-hybridized carbons (Fsp3) is 0.333. The van der Waals surface area contributed by atoms with Gasteiger partial charge in [0.05, 0.1) is 24.6 Å². The van der Waals surface area contributed by atoms with Crippen LogP contribution >= 0.6 is 0 Å². The summed E-state index contributed by atoms with van der Waals surface area (Å²) < 4.78 is 7.71. The molecule has 0 aliphatic carbocycles. The van der Waals surface area contributed by atoms with E-state index < -0.39 is 0 Å². The molecule has 124 valence electrons. The van der Waals surface area contributed by atoms with Gasteiger partial charge >= 0.3 is 0 Å². The molecule has 1 fully saturated rings. The van der Waals surface area contributed by atoms with Crippen LogP contribution in [0.1, 0.15) is 6.42 Å². The Morgan fingerprint density at radius 3 is 2.92 bits per heavy atom. The van der Waals surface area contributed by atoms with Crippen molar-refractivity contribution in [3.8, 4) is 11.3 Å². The third-order valence-corrected chi connectivity index (χ3v) is 4.36. The minimum atomic E-state index is 0.169. The maximum absolute atomic E-state index is 5.81. The summed E-state index contributed by atoms with van der Waals surface area (Å²) in [6.45, 7) is 3.01. The maximum atomic E-state index is 5.81. The second-order valence-electron chi connectivity index (χ2n) is 5.98. The smallest absolute Gasteiger partial charge is 0.157 e. The van der Waals surface area contributed by atoms with Crippen molar-refractivity contribution >= 4 is 11.5 Å². The van der Waals surface area contributed by atoms with Crippen LogP contribution in [0.3, 0.4) is 0 Å². The van der Waals surface area contributed by atoms with Gasteiger partial charge in [-0.25, -0.2) is 4.98 Å². The van der Waals surface area contributed by atoms with Crippen LogP contribution in [0.4, 0.5) is 5.82 Å².